The van der Waals surface area contributed by atoms with Crippen molar-refractivity contribution in [2.24, 2.45) is 0 Å². The van der Waals surface area contributed by atoms with Crippen LogP contribution in [0.25, 0.3) is 0 Å². The molecule has 7 heteroatoms. The lowest BCUT2D eigenvalue weighted by Gasteiger charge is -2.42. The Morgan fingerprint density at radius 1 is 1.29 bits per heavy atom. The summed E-state index contributed by atoms with van der Waals surface area (Å²) in [7, 11) is 0. The van der Waals surface area contributed by atoms with Crippen LogP contribution in [0, 0.1) is 13.8 Å². The number of amides is 1. The number of furan rings is 1. The zero-order chi connectivity index (χ0) is 20.9. The molecule has 0 atom stereocenters. The van der Waals surface area contributed by atoms with Gasteiger partial charge in [0, 0.05) is 16.0 Å². The summed E-state index contributed by atoms with van der Waals surface area (Å²) in [5, 5.41) is 7.09. The Labute approximate surface area is 169 Å². The molecule has 2 aromatic rings. The number of hydrogen-bond donors (Lipinski definition) is 2. The highest BCUT2D eigenvalue weighted by Crippen LogP contribution is 2.45. The number of anilines is 1. The van der Waals surface area contributed by atoms with Crippen LogP contribution < -0.4 is 10.6 Å². The molecule has 3 heterocycles. The standard InChI is InChI=1S/C21H28N2O4S/c1-8-26-19(25)15-14-10-20(4,5)23-21(6,7)16(14)28-18(15)22-17(24)13-9-11(2)27-12(13)3/h9,23H,8,10H2,1-7H3,(H,22,24). The Morgan fingerprint density at radius 3 is 2.54 bits per heavy atom. The smallest absolute Gasteiger partial charge is 0.341 e. The minimum atomic E-state index is -0.399. The fourth-order valence-electron chi connectivity index (χ4n) is 4.06. The Hall–Kier alpha value is -2.12. The number of carbonyl (C=O) groups is 2. The van der Waals surface area contributed by atoms with Crippen molar-refractivity contribution in [1.82, 2.24) is 5.32 Å². The molecule has 1 aliphatic rings. The maximum Gasteiger partial charge on any atom is 0.341 e. The molecule has 1 amide bonds. The van der Waals surface area contributed by atoms with Crippen molar-refractivity contribution in [2.45, 2.75) is 66.0 Å². The monoisotopic (exact) mass is 404 g/mol. The molecule has 0 saturated carbocycles. The van der Waals surface area contributed by atoms with Gasteiger partial charge in [-0.15, -0.1) is 11.3 Å². The van der Waals surface area contributed by atoms with Crippen molar-refractivity contribution < 1.29 is 18.7 Å². The lowest BCUT2D eigenvalue weighted by Crippen LogP contribution is -2.55. The number of fused-ring (bicyclic) bond motifs is 1. The zero-order valence-corrected chi connectivity index (χ0v) is 18.3. The van der Waals surface area contributed by atoms with E-state index in [9.17, 15) is 9.59 Å². The van der Waals surface area contributed by atoms with E-state index in [4.69, 9.17) is 9.15 Å². The second-order valence-electron chi connectivity index (χ2n) is 8.43. The number of thiophene rings is 1. The molecule has 0 bridgehead atoms. The third kappa shape index (κ3) is 3.73. The highest BCUT2D eigenvalue weighted by molar-refractivity contribution is 7.17. The van der Waals surface area contributed by atoms with Gasteiger partial charge in [-0.2, -0.15) is 0 Å². The Morgan fingerprint density at radius 2 is 1.96 bits per heavy atom. The zero-order valence-electron chi connectivity index (χ0n) is 17.5. The van der Waals surface area contributed by atoms with Crippen molar-refractivity contribution >= 4 is 28.2 Å². The minimum absolute atomic E-state index is 0.182. The summed E-state index contributed by atoms with van der Waals surface area (Å²) >= 11 is 1.43. The van der Waals surface area contributed by atoms with Gasteiger partial charge in [0.05, 0.1) is 17.7 Å². The van der Waals surface area contributed by atoms with E-state index in [-0.39, 0.29) is 23.6 Å². The normalized spacial score (nSPS) is 17.1. The summed E-state index contributed by atoms with van der Waals surface area (Å²) in [6.07, 6.45) is 0.677. The minimum Gasteiger partial charge on any atom is -0.466 e. The molecule has 1 aliphatic heterocycles. The summed E-state index contributed by atoms with van der Waals surface area (Å²) in [5.74, 6) is 0.537. The van der Waals surface area contributed by atoms with Gasteiger partial charge in [-0.3, -0.25) is 4.79 Å². The van der Waals surface area contributed by atoms with Crippen molar-refractivity contribution in [3.05, 3.63) is 39.2 Å². The number of ether oxygens (including phenoxy) is 1. The van der Waals surface area contributed by atoms with E-state index in [1.54, 1.807) is 26.8 Å². The quantitative estimate of drug-likeness (QED) is 0.731. The SMILES string of the molecule is CCOC(=O)c1c(NC(=O)c2cc(C)oc2C)sc2c1CC(C)(C)NC2(C)C. The molecule has 28 heavy (non-hydrogen) atoms. The van der Waals surface area contributed by atoms with E-state index >= 15 is 0 Å². The van der Waals surface area contributed by atoms with E-state index < -0.39 is 5.97 Å². The molecule has 2 aromatic heterocycles. The molecule has 0 spiro atoms. The van der Waals surface area contributed by atoms with Crippen LogP contribution in [0.3, 0.4) is 0 Å². The van der Waals surface area contributed by atoms with Gasteiger partial charge in [0.1, 0.15) is 16.5 Å². The first-order valence-corrected chi connectivity index (χ1v) is 10.3. The molecule has 0 aromatic carbocycles. The number of carbonyl (C=O) groups excluding carboxylic acids is 2. The van der Waals surface area contributed by atoms with Crippen LogP contribution >= 0.6 is 11.3 Å². The Kier molecular flexibility index (Phi) is 5.18. The van der Waals surface area contributed by atoms with Crippen LogP contribution in [0.2, 0.25) is 0 Å². The highest BCUT2D eigenvalue weighted by atomic mass is 32.1. The average Bonchev–Trinajstić information content (AvgIpc) is 3.05. The number of esters is 1. The van der Waals surface area contributed by atoms with Gasteiger partial charge < -0.3 is 19.8 Å². The highest BCUT2D eigenvalue weighted by Gasteiger charge is 2.42. The first-order valence-electron chi connectivity index (χ1n) is 9.46. The van der Waals surface area contributed by atoms with Gasteiger partial charge in [-0.05, 0) is 66.5 Å². The molecule has 0 unspecified atom stereocenters. The fraction of sp³-hybridized carbons (Fsp3) is 0.524. The number of rotatable bonds is 4. The van der Waals surface area contributed by atoms with Crippen molar-refractivity contribution in [2.75, 3.05) is 11.9 Å². The molecular formula is C21H28N2O4S. The predicted molar refractivity (Wildman–Crippen MR) is 110 cm³/mol. The van der Waals surface area contributed by atoms with Crippen LogP contribution in [0.1, 0.15) is 77.3 Å². The lowest BCUT2D eigenvalue weighted by atomic mass is 9.81. The summed E-state index contributed by atoms with van der Waals surface area (Å²) in [6, 6.07) is 1.71. The van der Waals surface area contributed by atoms with Crippen LogP contribution in [0.4, 0.5) is 5.00 Å². The second kappa shape index (κ2) is 7.04. The van der Waals surface area contributed by atoms with E-state index in [2.05, 4.69) is 38.3 Å². The molecule has 0 aliphatic carbocycles. The molecule has 0 fully saturated rings. The molecule has 3 rings (SSSR count). The van der Waals surface area contributed by atoms with Crippen LogP contribution in [-0.4, -0.2) is 24.0 Å². The maximum absolute atomic E-state index is 12.9. The third-order valence-electron chi connectivity index (χ3n) is 4.84. The molecule has 0 radical (unpaired) electrons. The summed E-state index contributed by atoms with van der Waals surface area (Å²) in [4.78, 5) is 26.7. The van der Waals surface area contributed by atoms with E-state index in [1.165, 1.54) is 11.3 Å². The van der Waals surface area contributed by atoms with E-state index in [1.807, 2.05) is 0 Å². The summed E-state index contributed by atoms with van der Waals surface area (Å²) in [5.41, 5.74) is 1.38. The molecule has 0 saturated heterocycles. The summed E-state index contributed by atoms with van der Waals surface area (Å²) < 4.78 is 10.8. The van der Waals surface area contributed by atoms with Crippen molar-refractivity contribution in [3.8, 4) is 0 Å². The summed E-state index contributed by atoms with van der Waals surface area (Å²) in [6.45, 7) is 14.0. The molecule has 2 N–H and O–H groups in total. The van der Waals surface area contributed by atoms with E-state index in [0.717, 1.165) is 10.4 Å². The largest absolute Gasteiger partial charge is 0.466 e. The van der Waals surface area contributed by atoms with Gasteiger partial charge in [-0.1, -0.05) is 0 Å². The average molecular weight is 405 g/mol. The maximum atomic E-state index is 12.9. The molecular weight excluding hydrogens is 376 g/mol. The topological polar surface area (TPSA) is 80.6 Å². The van der Waals surface area contributed by atoms with Crippen LogP contribution in [0.15, 0.2) is 10.5 Å². The fourth-order valence-corrected chi connectivity index (χ4v) is 5.32. The van der Waals surface area contributed by atoms with Crippen LogP contribution in [-0.2, 0) is 16.7 Å². The first-order chi connectivity index (χ1) is 12.9. The lowest BCUT2D eigenvalue weighted by molar-refractivity contribution is 0.0526. The first kappa shape index (κ1) is 20.6. The van der Waals surface area contributed by atoms with Crippen molar-refractivity contribution in [1.29, 1.82) is 0 Å². The van der Waals surface area contributed by atoms with Gasteiger partial charge >= 0.3 is 5.97 Å². The van der Waals surface area contributed by atoms with E-state index in [0.29, 0.717) is 34.1 Å². The number of nitrogens with one attached hydrogen (secondary N) is 2. The van der Waals surface area contributed by atoms with Crippen molar-refractivity contribution in [3.63, 3.8) is 0 Å². The van der Waals surface area contributed by atoms with Gasteiger partial charge in [0.25, 0.3) is 5.91 Å². The molecule has 6 nitrogen and oxygen atoms in total. The second-order valence-corrected chi connectivity index (χ2v) is 9.45. The van der Waals surface area contributed by atoms with Gasteiger partial charge in [0.15, 0.2) is 0 Å². The Balaban J connectivity index is 2.08. The predicted octanol–water partition coefficient (Wildman–Crippen LogP) is 4.55. The number of aryl methyl sites for hydroxylation is 2. The van der Waals surface area contributed by atoms with Gasteiger partial charge in [0.2, 0.25) is 0 Å². The third-order valence-corrected chi connectivity index (χ3v) is 6.31. The van der Waals surface area contributed by atoms with Crippen LogP contribution in [0.5, 0.6) is 0 Å². The Bertz CT molecular complexity index is 937. The molecule has 152 valence electrons. The number of hydrogen-bond acceptors (Lipinski definition) is 6. The van der Waals surface area contributed by atoms with Gasteiger partial charge in [-0.25, -0.2) is 4.79 Å².